The second-order valence-electron chi connectivity index (χ2n) is 9.99. The molecule has 4 fully saturated rings. The Kier molecular flexibility index (Phi) is 5.22. The van der Waals surface area contributed by atoms with Gasteiger partial charge in [-0.25, -0.2) is 9.36 Å². The molecule has 0 aliphatic heterocycles. The van der Waals surface area contributed by atoms with E-state index in [1.54, 1.807) is 24.3 Å². The summed E-state index contributed by atoms with van der Waals surface area (Å²) in [7, 11) is 0. The highest BCUT2D eigenvalue weighted by Gasteiger charge is 2.53. The number of aromatic nitrogens is 2. The molecule has 0 spiro atoms. The number of nitrogens with one attached hydrogen (secondary N) is 1. The summed E-state index contributed by atoms with van der Waals surface area (Å²) in [6, 6.07) is 6.85. The number of nitrogens with zero attached hydrogens (tertiary/aromatic N) is 2. The Balaban J connectivity index is 1.45. The highest BCUT2D eigenvalue weighted by molar-refractivity contribution is 5.82. The van der Waals surface area contributed by atoms with Crippen molar-refractivity contribution in [2.24, 2.45) is 28.2 Å². The third-order valence-corrected chi connectivity index (χ3v) is 7.93. The van der Waals surface area contributed by atoms with Crippen LogP contribution in [0.5, 0.6) is 11.6 Å². The minimum absolute atomic E-state index is 0.00932. The van der Waals surface area contributed by atoms with Gasteiger partial charge in [-0.3, -0.25) is 14.8 Å². The molecule has 0 saturated heterocycles. The lowest BCUT2D eigenvalue weighted by molar-refractivity contribution is -0.0632. The van der Waals surface area contributed by atoms with Crippen molar-refractivity contribution in [2.45, 2.75) is 58.4 Å². The van der Waals surface area contributed by atoms with Crippen molar-refractivity contribution in [3.05, 3.63) is 50.7 Å². The first-order valence-corrected chi connectivity index (χ1v) is 11.7. The highest BCUT2D eigenvalue weighted by Crippen LogP contribution is 2.61. The Morgan fingerprint density at radius 3 is 2.31 bits per heavy atom. The molecule has 6 rings (SSSR count). The van der Waals surface area contributed by atoms with Gasteiger partial charge < -0.3 is 9.84 Å². The predicted molar refractivity (Wildman–Crippen MR) is 123 cm³/mol. The molecule has 2 aromatic rings. The third kappa shape index (κ3) is 3.57. The minimum Gasteiger partial charge on any atom is -0.494 e. The van der Waals surface area contributed by atoms with Gasteiger partial charge in [0, 0.05) is 6.21 Å². The van der Waals surface area contributed by atoms with E-state index in [1.165, 1.54) is 44.7 Å². The Morgan fingerprint density at radius 2 is 1.75 bits per heavy atom. The quantitative estimate of drug-likeness (QED) is 0.674. The van der Waals surface area contributed by atoms with E-state index in [4.69, 9.17) is 9.73 Å². The summed E-state index contributed by atoms with van der Waals surface area (Å²) in [5.41, 5.74) is -0.665. The zero-order valence-electron chi connectivity index (χ0n) is 18.7. The number of hydrogen-bond donors (Lipinski definition) is 2. The lowest BCUT2D eigenvalue weighted by Gasteiger charge is -2.58. The van der Waals surface area contributed by atoms with Crippen LogP contribution in [0.15, 0.2) is 38.8 Å². The lowest BCUT2D eigenvalue weighted by atomic mass is 9.48. The molecule has 32 heavy (non-hydrogen) atoms. The van der Waals surface area contributed by atoms with Crippen LogP contribution in [0, 0.1) is 23.2 Å². The molecule has 0 amide bonds. The number of rotatable bonds is 6. The molecule has 0 radical (unpaired) electrons. The zero-order valence-corrected chi connectivity index (χ0v) is 18.7. The van der Waals surface area contributed by atoms with Crippen LogP contribution in [0.3, 0.4) is 0 Å². The van der Waals surface area contributed by atoms with Gasteiger partial charge in [0.25, 0.3) is 5.56 Å². The monoisotopic (exact) mass is 437 g/mol. The summed E-state index contributed by atoms with van der Waals surface area (Å²) < 4.78 is 6.53. The summed E-state index contributed by atoms with van der Waals surface area (Å²) >= 11 is 0. The molecular weight excluding hydrogens is 406 g/mol. The van der Waals surface area contributed by atoms with Crippen LogP contribution in [0.1, 0.15) is 57.9 Å². The smallest absolute Gasteiger partial charge is 0.335 e. The van der Waals surface area contributed by atoms with Gasteiger partial charge in [-0.2, -0.15) is 0 Å². The van der Waals surface area contributed by atoms with Gasteiger partial charge in [0.1, 0.15) is 11.3 Å². The molecule has 1 aromatic heterocycles. The maximum absolute atomic E-state index is 12.5. The van der Waals surface area contributed by atoms with Gasteiger partial charge in [0.15, 0.2) is 0 Å². The van der Waals surface area contributed by atoms with Crippen LogP contribution in [0.25, 0.3) is 5.69 Å². The number of ether oxygens (including phenoxy) is 1. The second kappa shape index (κ2) is 7.94. The predicted octanol–water partition coefficient (Wildman–Crippen LogP) is 3.65. The molecule has 4 bridgehead atoms. The fourth-order valence-corrected chi connectivity index (χ4v) is 6.79. The molecule has 4 aliphatic rings. The van der Waals surface area contributed by atoms with E-state index >= 15 is 0 Å². The van der Waals surface area contributed by atoms with Gasteiger partial charge in [-0.15, -0.1) is 0 Å². The first-order chi connectivity index (χ1) is 15.4. The van der Waals surface area contributed by atoms with Gasteiger partial charge in [0.2, 0.25) is 5.88 Å². The van der Waals surface area contributed by atoms with E-state index in [2.05, 4.69) is 11.9 Å². The Hall–Kier alpha value is -2.83. The van der Waals surface area contributed by atoms with E-state index in [-0.39, 0.29) is 17.0 Å². The van der Waals surface area contributed by atoms with E-state index in [1.807, 2.05) is 6.92 Å². The Labute approximate surface area is 187 Å². The number of aromatic hydroxyl groups is 1. The fourth-order valence-electron chi connectivity index (χ4n) is 6.79. The largest absolute Gasteiger partial charge is 0.494 e. The van der Waals surface area contributed by atoms with Crippen molar-refractivity contribution in [2.75, 3.05) is 6.61 Å². The van der Waals surface area contributed by atoms with E-state index < -0.39 is 17.1 Å². The van der Waals surface area contributed by atoms with Crippen molar-refractivity contribution in [1.82, 2.24) is 9.55 Å². The third-order valence-electron chi connectivity index (χ3n) is 7.93. The summed E-state index contributed by atoms with van der Waals surface area (Å²) in [6.07, 6.45) is 9.19. The van der Waals surface area contributed by atoms with Gasteiger partial charge >= 0.3 is 5.69 Å². The fraction of sp³-hybridized carbons (Fsp3) is 0.560. The van der Waals surface area contributed by atoms with Crippen LogP contribution >= 0.6 is 0 Å². The molecule has 1 heterocycles. The Bertz CT molecular complexity index is 1110. The number of H-pyrrole nitrogens is 1. The molecule has 7 nitrogen and oxygen atoms in total. The SMILES string of the molecule is CCOc1ccc(-n2c(O)c(C=N[C@H](C)C34CC5CC(CC(C5)C3)C4)c(=O)[nH]c2=O)cc1. The van der Waals surface area contributed by atoms with E-state index in [0.29, 0.717) is 18.0 Å². The first kappa shape index (κ1) is 21.0. The molecule has 2 N–H and O–H groups in total. The topological polar surface area (TPSA) is 96.7 Å². The van der Waals surface area contributed by atoms with Crippen molar-refractivity contribution >= 4 is 6.21 Å². The first-order valence-electron chi connectivity index (χ1n) is 11.7. The van der Waals surface area contributed by atoms with Crippen molar-refractivity contribution in [1.29, 1.82) is 0 Å². The molecule has 4 aliphatic carbocycles. The van der Waals surface area contributed by atoms with Gasteiger partial charge in [-0.1, -0.05) is 0 Å². The van der Waals surface area contributed by atoms with Crippen LogP contribution in [-0.4, -0.2) is 33.5 Å². The molecule has 4 saturated carbocycles. The van der Waals surface area contributed by atoms with Crippen LogP contribution in [-0.2, 0) is 0 Å². The van der Waals surface area contributed by atoms with Gasteiger partial charge in [-0.05, 0) is 99.8 Å². The average Bonchev–Trinajstić information content (AvgIpc) is 2.73. The van der Waals surface area contributed by atoms with Crippen molar-refractivity contribution in [3.8, 4) is 17.3 Å². The maximum atomic E-state index is 12.5. The van der Waals surface area contributed by atoms with E-state index in [9.17, 15) is 14.7 Å². The highest BCUT2D eigenvalue weighted by atomic mass is 16.5. The second-order valence-corrected chi connectivity index (χ2v) is 9.99. The molecule has 170 valence electrons. The maximum Gasteiger partial charge on any atom is 0.335 e. The number of hydrogen-bond acceptors (Lipinski definition) is 5. The molecule has 0 unspecified atom stereocenters. The summed E-state index contributed by atoms with van der Waals surface area (Å²) in [6.45, 7) is 4.56. The molecule has 7 heteroatoms. The number of aromatic amines is 1. The molecule has 1 aromatic carbocycles. The molecule has 1 atom stereocenters. The summed E-state index contributed by atoms with van der Waals surface area (Å²) in [4.78, 5) is 32.1. The summed E-state index contributed by atoms with van der Waals surface area (Å²) in [5.74, 6) is 2.72. The van der Waals surface area contributed by atoms with E-state index in [0.717, 1.165) is 22.3 Å². The zero-order chi connectivity index (χ0) is 22.5. The normalized spacial score (nSPS) is 29.5. The van der Waals surface area contributed by atoms with Crippen molar-refractivity contribution in [3.63, 3.8) is 0 Å². The van der Waals surface area contributed by atoms with Crippen molar-refractivity contribution < 1.29 is 9.84 Å². The standard InChI is InChI=1S/C25H31N3O4/c1-3-32-20-6-4-19(5-7-20)28-23(30)21(22(29)27-24(28)31)14-26-15(2)25-11-16-8-17(12-25)10-18(9-16)13-25/h4-7,14-18,30H,3,8-13H2,1-2H3,(H,27,29,31)/t15-,16?,17?,18?,25?/m1/s1. The summed E-state index contributed by atoms with van der Waals surface area (Å²) in [5, 5.41) is 10.8. The van der Waals surface area contributed by atoms with Gasteiger partial charge in [0.05, 0.1) is 18.3 Å². The number of aliphatic imine (C=N–C) groups is 1. The lowest BCUT2D eigenvalue weighted by Crippen LogP contribution is -2.50. The average molecular weight is 438 g/mol. The minimum atomic E-state index is -0.692. The van der Waals surface area contributed by atoms with Crippen LogP contribution < -0.4 is 16.0 Å². The molecular formula is C25H31N3O4. The van der Waals surface area contributed by atoms with Crippen LogP contribution in [0.4, 0.5) is 0 Å². The van der Waals surface area contributed by atoms with Crippen LogP contribution in [0.2, 0.25) is 0 Å². The number of benzene rings is 1. The Morgan fingerprint density at radius 1 is 1.16 bits per heavy atom.